The topological polar surface area (TPSA) is 110 Å². The molecule has 0 bridgehead atoms. The number of fused-ring (bicyclic) bond motifs is 1. The van der Waals surface area contributed by atoms with E-state index >= 15 is 0 Å². The molecule has 0 aliphatic heterocycles. The second-order valence-electron chi connectivity index (χ2n) is 10.0. The zero-order chi connectivity index (χ0) is 30.7. The van der Waals surface area contributed by atoms with Crippen LogP contribution < -0.4 is 10.1 Å². The number of hydrogen-bond acceptors (Lipinski definition) is 9. The summed E-state index contributed by atoms with van der Waals surface area (Å²) in [7, 11) is -3.45. The van der Waals surface area contributed by atoms with Gasteiger partial charge in [0.2, 0.25) is 10.0 Å². The first-order valence-electron chi connectivity index (χ1n) is 13.6. The van der Waals surface area contributed by atoms with E-state index < -0.39 is 21.3 Å². The number of ether oxygens (including phenoxy) is 1. The van der Waals surface area contributed by atoms with Crippen LogP contribution in [0.5, 0.6) is 5.75 Å². The predicted molar refractivity (Wildman–Crippen MR) is 169 cm³/mol. The van der Waals surface area contributed by atoms with Gasteiger partial charge in [0, 0.05) is 23.0 Å². The van der Waals surface area contributed by atoms with E-state index in [-0.39, 0.29) is 12.4 Å². The fraction of sp³-hybridized carbons (Fsp3) is 0.267. The lowest BCUT2D eigenvalue weighted by Gasteiger charge is -2.27. The second kappa shape index (κ2) is 12.9. The Hall–Kier alpha value is -3.71. The Labute approximate surface area is 258 Å². The fourth-order valence-corrected chi connectivity index (χ4v) is 7.11. The van der Waals surface area contributed by atoms with Crippen LogP contribution >= 0.6 is 22.9 Å². The molecule has 5 aromatic rings. The maximum atomic E-state index is 13.5. The SMILES string of the molecule is CCN(C(C)c1nc(-c2cc3c(Nc4ccc(OCc5cccc(F)c5)c(Cl)c4)ncnc3cn2)cs1)S(=O)(=O)C(C)C. The third kappa shape index (κ3) is 6.77. The van der Waals surface area contributed by atoms with Gasteiger partial charge in [-0.15, -0.1) is 11.3 Å². The van der Waals surface area contributed by atoms with Gasteiger partial charge in [0.1, 0.15) is 35.3 Å². The molecule has 13 heteroatoms. The van der Waals surface area contributed by atoms with E-state index in [1.807, 2.05) is 31.4 Å². The Morgan fingerprint density at radius 3 is 2.60 bits per heavy atom. The summed E-state index contributed by atoms with van der Waals surface area (Å²) in [6, 6.07) is 12.9. The van der Waals surface area contributed by atoms with Crippen molar-refractivity contribution < 1.29 is 17.5 Å². The molecule has 1 unspecified atom stereocenters. The highest BCUT2D eigenvalue weighted by Gasteiger charge is 2.31. The lowest BCUT2D eigenvalue weighted by molar-refractivity contribution is 0.306. The summed E-state index contributed by atoms with van der Waals surface area (Å²) in [6.07, 6.45) is 3.10. The summed E-state index contributed by atoms with van der Waals surface area (Å²) >= 11 is 7.89. The third-order valence-corrected chi connectivity index (χ3v) is 10.5. The van der Waals surface area contributed by atoms with Crippen LogP contribution in [0.1, 0.15) is 44.3 Å². The van der Waals surface area contributed by atoms with Crippen LogP contribution in [0.25, 0.3) is 22.3 Å². The molecule has 9 nitrogen and oxygen atoms in total. The van der Waals surface area contributed by atoms with Gasteiger partial charge in [-0.2, -0.15) is 4.31 Å². The standard InChI is InChI=1S/C30H30ClFN6O3S2/c1-5-38(43(39,40)18(2)3)19(4)30-37-27(16-42-30)25-13-23-26(14-33-25)34-17-35-29(23)36-22-9-10-28(24(31)12-22)41-15-20-7-6-8-21(32)11-20/h6-14,16-19H,5,15H2,1-4H3,(H,34,35,36). The molecular formula is C30H30ClFN6O3S2. The first kappa shape index (κ1) is 30.7. The Morgan fingerprint density at radius 2 is 1.88 bits per heavy atom. The van der Waals surface area contributed by atoms with Crippen molar-refractivity contribution in [1.29, 1.82) is 0 Å². The summed E-state index contributed by atoms with van der Waals surface area (Å²) in [5.74, 6) is 0.682. The Balaban J connectivity index is 1.37. The van der Waals surface area contributed by atoms with Gasteiger partial charge in [0.25, 0.3) is 0 Å². The molecule has 43 heavy (non-hydrogen) atoms. The Bertz CT molecular complexity index is 1870. The Morgan fingerprint density at radius 1 is 1.07 bits per heavy atom. The second-order valence-corrected chi connectivity index (χ2v) is 13.8. The number of nitrogens with zero attached hydrogens (tertiary/aromatic N) is 5. The monoisotopic (exact) mass is 640 g/mol. The highest BCUT2D eigenvalue weighted by Crippen LogP contribution is 2.34. The molecule has 0 radical (unpaired) electrons. The smallest absolute Gasteiger partial charge is 0.217 e. The molecule has 5 rings (SSSR count). The van der Waals surface area contributed by atoms with Gasteiger partial charge in [-0.25, -0.2) is 27.8 Å². The van der Waals surface area contributed by atoms with E-state index in [2.05, 4.69) is 20.3 Å². The van der Waals surface area contributed by atoms with Gasteiger partial charge in [-0.1, -0.05) is 30.7 Å². The van der Waals surface area contributed by atoms with Gasteiger partial charge >= 0.3 is 0 Å². The van der Waals surface area contributed by atoms with Crippen molar-refractivity contribution in [2.75, 3.05) is 11.9 Å². The van der Waals surface area contributed by atoms with Crippen LogP contribution in [0.3, 0.4) is 0 Å². The van der Waals surface area contributed by atoms with Gasteiger partial charge in [-0.3, -0.25) is 4.98 Å². The number of sulfonamides is 1. The number of nitrogens with one attached hydrogen (secondary N) is 1. The molecule has 0 aliphatic carbocycles. The van der Waals surface area contributed by atoms with Crippen molar-refractivity contribution >= 4 is 55.4 Å². The normalized spacial score (nSPS) is 12.7. The third-order valence-electron chi connectivity index (χ3n) is 6.81. The maximum Gasteiger partial charge on any atom is 0.217 e. The van der Waals surface area contributed by atoms with Crippen LogP contribution in [0.2, 0.25) is 5.02 Å². The molecular weight excluding hydrogens is 611 g/mol. The number of halogens is 2. The molecule has 1 atom stereocenters. The summed E-state index contributed by atoms with van der Waals surface area (Å²) in [5.41, 5.74) is 3.24. The number of anilines is 2. The average Bonchev–Trinajstić information content (AvgIpc) is 3.47. The molecule has 0 fully saturated rings. The molecule has 1 N–H and O–H groups in total. The highest BCUT2D eigenvalue weighted by molar-refractivity contribution is 7.89. The summed E-state index contributed by atoms with van der Waals surface area (Å²) < 4.78 is 46.5. The molecule has 0 saturated heterocycles. The lowest BCUT2D eigenvalue weighted by Crippen LogP contribution is -2.38. The van der Waals surface area contributed by atoms with Crippen LogP contribution in [0.4, 0.5) is 15.9 Å². The summed E-state index contributed by atoms with van der Waals surface area (Å²) in [5, 5.41) is 6.41. The van der Waals surface area contributed by atoms with Crippen LogP contribution in [-0.4, -0.2) is 44.5 Å². The van der Waals surface area contributed by atoms with Crippen molar-refractivity contribution in [3.05, 3.63) is 87.8 Å². The zero-order valence-corrected chi connectivity index (χ0v) is 26.3. The zero-order valence-electron chi connectivity index (χ0n) is 24.0. The van der Waals surface area contributed by atoms with Crippen molar-refractivity contribution in [1.82, 2.24) is 24.2 Å². The van der Waals surface area contributed by atoms with E-state index in [1.54, 1.807) is 44.3 Å². The first-order valence-corrected chi connectivity index (χ1v) is 16.3. The molecule has 3 aromatic heterocycles. The van der Waals surface area contributed by atoms with Crippen molar-refractivity contribution in [2.24, 2.45) is 0 Å². The number of hydrogen-bond donors (Lipinski definition) is 1. The largest absolute Gasteiger partial charge is 0.487 e. The van der Waals surface area contributed by atoms with Gasteiger partial charge in [0.05, 0.1) is 39.4 Å². The molecule has 3 heterocycles. The minimum Gasteiger partial charge on any atom is -0.487 e. The number of aromatic nitrogens is 4. The van der Waals surface area contributed by atoms with E-state index in [9.17, 15) is 12.8 Å². The minimum absolute atomic E-state index is 0.178. The molecule has 0 amide bonds. The molecule has 2 aromatic carbocycles. The van der Waals surface area contributed by atoms with Gasteiger partial charge in [0.15, 0.2) is 0 Å². The molecule has 0 spiro atoms. The van der Waals surface area contributed by atoms with E-state index in [1.165, 1.54) is 34.1 Å². The minimum atomic E-state index is -3.45. The number of rotatable bonds is 11. The highest BCUT2D eigenvalue weighted by atomic mass is 35.5. The Kier molecular flexibility index (Phi) is 9.21. The quantitative estimate of drug-likeness (QED) is 0.159. The average molecular weight is 641 g/mol. The molecule has 0 aliphatic rings. The maximum absolute atomic E-state index is 13.5. The van der Waals surface area contributed by atoms with Crippen molar-refractivity contribution in [2.45, 2.75) is 45.6 Å². The fourth-order valence-electron chi connectivity index (χ4n) is 4.48. The number of thiazole rings is 1. The van der Waals surface area contributed by atoms with E-state index in [0.717, 1.165) is 5.39 Å². The van der Waals surface area contributed by atoms with Gasteiger partial charge in [-0.05, 0) is 62.7 Å². The lowest BCUT2D eigenvalue weighted by atomic mass is 10.2. The van der Waals surface area contributed by atoms with Crippen LogP contribution in [-0.2, 0) is 16.6 Å². The summed E-state index contributed by atoms with van der Waals surface area (Å²) in [6.45, 7) is 7.55. The predicted octanol–water partition coefficient (Wildman–Crippen LogP) is 7.38. The van der Waals surface area contributed by atoms with Crippen LogP contribution in [0.15, 0.2) is 66.4 Å². The number of pyridine rings is 1. The first-order chi connectivity index (χ1) is 20.6. The van der Waals surface area contributed by atoms with Crippen molar-refractivity contribution in [3.63, 3.8) is 0 Å². The van der Waals surface area contributed by atoms with E-state index in [0.29, 0.717) is 56.3 Å². The molecule has 0 saturated carbocycles. The van der Waals surface area contributed by atoms with E-state index in [4.69, 9.17) is 21.3 Å². The summed E-state index contributed by atoms with van der Waals surface area (Å²) in [4.78, 5) is 18.1. The van der Waals surface area contributed by atoms with Crippen molar-refractivity contribution in [3.8, 4) is 17.1 Å². The van der Waals surface area contributed by atoms with Crippen LogP contribution in [0, 0.1) is 5.82 Å². The molecule has 224 valence electrons. The van der Waals surface area contributed by atoms with Gasteiger partial charge < -0.3 is 10.1 Å². The number of benzene rings is 2.